The molecule has 4 aromatic rings. The number of aromatic nitrogens is 5. The highest BCUT2D eigenvalue weighted by molar-refractivity contribution is 6.37. The third-order valence-electron chi connectivity index (χ3n) is 6.67. The Bertz CT molecular complexity index is 1760. The number of hydrogen-bond donors (Lipinski definition) is 0. The van der Waals surface area contributed by atoms with Crippen molar-refractivity contribution in [1.29, 1.82) is 0 Å². The van der Waals surface area contributed by atoms with Crippen LogP contribution < -0.4 is 21.5 Å². The van der Waals surface area contributed by atoms with Crippen LogP contribution in [0.3, 0.4) is 0 Å². The molecule has 0 N–H and O–H groups in total. The van der Waals surface area contributed by atoms with Crippen LogP contribution in [0.25, 0.3) is 5.69 Å². The maximum Gasteiger partial charge on any atom is 0.354 e. The molecule has 0 radical (unpaired) electrons. The van der Waals surface area contributed by atoms with E-state index in [2.05, 4.69) is 10.2 Å². The Labute approximate surface area is 250 Å². The van der Waals surface area contributed by atoms with Gasteiger partial charge in [0, 0.05) is 24.7 Å². The van der Waals surface area contributed by atoms with Gasteiger partial charge < -0.3 is 14.2 Å². The molecule has 1 fully saturated rings. The normalized spacial score (nSPS) is 13.1. The molecule has 1 saturated carbocycles. The lowest BCUT2D eigenvalue weighted by Crippen LogP contribution is -2.43. The lowest BCUT2D eigenvalue weighted by Gasteiger charge is -2.16. The molecule has 13 heteroatoms. The van der Waals surface area contributed by atoms with Crippen molar-refractivity contribution in [3.05, 3.63) is 107 Å². The average molecular weight is 614 g/mol. The summed E-state index contributed by atoms with van der Waals surface area (Å²) >= 11 is 13.2. The van der Waals surface area contributed by atoms with Crippen LogP contribution in [0.15, 0.2) is 62.9 Å². The van der Waals surface area contributed by atoms with Crippen LogP contribution in [0.2, 0.25) is 10.0 Å². The molecule has 0 aliphatic heterocycles. The number of methoxy groups -OCH3 is 1. The molecule has 2 aromatic heterocycles. The minimum atomic E-state index is -0.701. The predicted octanol–water partition coefficient (Wildman–Crippen LogP) is 4.83. The molecule has 5 rings (SSSR count). The number of nitrogens with zero attached hydrogens (tertiary/aromatic N) is 5. The van der Waals surface area contributed by atoms with Gasteiger partial charge in [0.15, 0.2) is 5.75 Å². The van der Waals surface area contributed by atoms with Crippen molar-refractivity contribution in [3.63, 3.8) is 0 Å². The largest absolute Gasteiger partial charge is 0.434 e. The van der Waals surface area contributed by atoms with Gasteiger partial charge in [-0.05, 0) is 36.5 Å². The highest BCUT2D eigenvalue weighted by Crippen LogP contribution is 2.39. The van der Waals surface area contributed by atoms with Crippen molar-refractivity contribution in [2.75, 3.05) is 7.11 Å². The number of benzene rings is 2. The smallest absolute Gasteiger partial charge is 0.354 e. The van der Waals surface area contributed by atoms with E-state index in [9.17, 15) is 14.4 Å². The quantitative estimate of drug-likeness (QED) is 0.236. The Morgan fingerprint density at radius 1 is 0.952 bits per heavy atom. The van der Waals surface area contributed by atoms with Gasteiger partial charge in [0.25, 0.3) is 11.1 Å². The Kier molecular flexibility index (Phi) is 8.93. The molecule has 0 saturated heterocycles. The summed E-state index contributed by atoms with van der Waals surface area (Å²) in [7, 11) is 1.45. The summed E-state index contributed by atoms with van der Waals surface area (Å²) in [6.45, 7) is 3.65. The monoisotopic (exact) mass is 613 g/mol. The van der Waals surface area contributed by atoms with E-state index in [-0.39, 0.29) is 70.5 Å². The van der Waals surface area contributed by atoms with Gasteiger partial charge in [-0.3, -0.25) is 9.59 Å². The van der Waals surface area contributed by atoms with Crippen LogP contribution in [0, 0.1) is 0 Å². The second-order valence-corrected chi connectivity index (χ2v) is 11.0. The standard InChI is InChI=1S/C29H29Cl2N5O6/c1-17(2)21-13-24(32-35(16-40-3)27(21)37)42-26-22(30)11-20(12-23(26)31)36-29(39)34(28(38)25(33-36)19-9-10-19)15-41-14-18-7-5-4-6-8-18/h4-8,11-13,17,19H,9-10,14-16H2,1-3H3. The molecule has 11 nitrogen and oxygen atoms in total. The molecule has 1 aliphatic rings. The van der Waals surface area contributed by atoms with E-state index in [4.69, 9.17) is 37.4 Å². The number of ether oxygens (including phenoxy) is 3. The average Bonchev–Trinajstić information content (AvgIpc) is 3.80. The van der Waals surface area contributed by atoms with Crippen LogP contribution in [0.1, 0.15) is 55.3 Å². The molecule has 0 bridgehead atoms. The van der Waals surface area contributed by atoms with E-state index in [1.807, 2.05) is 44.2 Å². The SMILES string of the molecule is COCn1nc(Oc2c(Cl)cc(-n3nc(C4CC4)c(=O)n(COCc4ccccc4)c3=O)cc2Cl)cc(C(C)C)c1=O. The van der Waals surface area contributed by atoms with Gasteiger partial charge in [-0.15, -0.1) is 5.10 Å². The van der Waals surface area contributed by atoms with Crippen LogP contribution in [0.4, 0.5) is 0 Å². The van der Waals surface area contributed by atoms with E-state index < -0.39 is 11.2 Å². The van der Waals surface area contributed by atoms with E-state index in [0.717, 1.165) is 32.3 Å². The van der Waals surface area contributed by atoms with Crippen molar-refractivity contribution >= 4 is 23.2 Å². The summed E-state index contributed by atoms with van der Waals surface area (Å²) in [6.07, 6.45) is 1.60. The lowest BCUT2D eigenvalue weighted by molar-refractivity contribution is 0.0574. The predicted molar refractivity (Wildman–Crippen MR) is 157 cm³/mol. The summed E-state index contributed by atoms with van der Waals surface area (Å²) in [5, 5.41) is 8.73. The molecular formula is C29H29Cl2N5O6. The zero-order valence-corrected chi connectivity index (χ0v) is 24.8. The number of halogens is 2. The van der Waals surface area contributed by atoms with Crippen molar-refractivity contribution in [2.45, 2.75) is 58.6 Å². The van der Waals surface area contributed by atoms with Crippen LogP contribution in [-0.2, 0) is 29.5 Å². The highest BCUT2D eigenvalue weighted by Gasteiger charge is 2.31. The van der Waals surface area contributed by atoms with Gasteiger partial charge >= 0.3 is 5.69 Å². The first kappa shape index (κ1) is 29.7. The summed E-state index contributed by atoms with van der Waals surface area (Å²) in [6, 6.07) is 13.9. The first-order valence-corrected chi connectivity index (χ1v) is 14.1. The van der Waals surface area contributed by atoms with E-state index in [0.29, 0.717) is 5.56 Å². The Hall–Kier alpha value is -3.77. The third kappa shape index (κ3) is 6.34. The van der Waals surface area contributed by atoms with Crippen molar-refractivity contribution in [3.8, 4) is 17.3 Å². The lowest BCUT2D eigenvalue weighted by atomic mass is 10.1. The van der Waals surface area contributed by atoms with Crippen LogP contribution in [0.5, 0.6) is 11.6 Å². The number of rotatable bonds is 11. The van der Waals surface area contributed by atoms with Gasteiger partial charge in [-0.25, -0.2) is 9.36 Å². The number of hydrogen-bond acceptors (Lipinski definition) is 8. The Morgan fingerprint density at radius 2 is 1.64 bits per heavy atom. The molecule has 220 valence electrons. The van der Waals surface area contributed by atoms with Crippen molar-refractivity contribution in [2.24, 2.45) is 0 Å². The zero-order valence-electron chi connectivity index (χ0n) is 23.3. The Morgan fingerprint density at radius 3 is 2.26 bits per heavy atom. The second kappa shape index (κ2) is 12.6. The minimum Gasteiger partial charge on any atom is -0.434 e. The fourth-order valence-corrected chi connectivity index (χ4v) is 4.89. The first-order valence-electron chi connectivity index (χ1n) is 13.3. The fraction of sp³-hybridized carbons (Fsp3) is 0.345. The fourth-order valence-electron chi connectivity index (χ4n) is 4.34. The van der Waals surface area contributed by atoms with Gasteiger partial charge in [0.2, 0.25) is 5.88 Å². The minimum absolute atomic E-state index is 0.0396. The van der Waals surface area contributed by atoms with Crippen LogP contribution in [-0.4, -0.2) is 31.2 Å². The summed E-state index contributed by atoms with van der Waals surface area (Å²) in [4.78, 5) is 39.3. The first-order chi connectivity index (χ1) is 20.2. The van der Waals surface area contributed by atoms with E-state index >= 15 is 0 Å². The molecule has 0 atom stereocenters. The van der Waals surface area contributed by atoms with Gasteiger partial charge in [0.1, 0.15) is 19.2 Å². The maximum absolute atomic E-state index is 13.5. The third-order valence-corrected chi connectivity index (χ3v) is 7.23. The summed E-state index contributed by atoms with van der Waals surface area (Å²) in [5.74, 6) is 0.0109. The topological polar surface area (TPSA) is 119 Å². The molecule has 42 heavy (non-hydrogen) atoms. The van der Waals surface area contributed by atoms with Crippen molar-refractivity contribution < 1.29 is 14.2 Å². The molecule has 1 aliphatic carbocycles. The summed E-state index contributed by atoms with van der Waals surface area (Å²) < 4.78 is 20.0. The highest BCUT2D eigenvalue weighted by atomic mass is 35.5. The van der Waals surface area contributed by atoms with Gasteiger partial charge in [-0.1, -0.05) is 67.4 Å². The maximum atomic E-state index is 13.5. The zero-order chi connectivity index (χ0) is 30.0. The van der Waals surface area contributed by atoms with Crippen molar-refractivity contribution in [1.82, 2.24) is 24.1 Å². The molecule has 0 unspecified atom stereocenters. The molecule has 2 heterocycles. The molecule has 0 amide bonds. The second-order valence-electron chi connectivity index (χ2n) is 10.2. The molecule has 0 spiro atoms. The summed E-state index contributed by atoms with van der Waals surface area (Å²) in [5.41, 5.74) is 0.407. The molecular weight excluding hydrogens is 585 g/mol. The van der Waals surface area contributed by atoms with Crippen LogP contribution >= 0.6 is 23.2 Å². The Balaban J connectivity index is 1.49. The van der Waals surface area contributed by atoms with E-state index in [1.165, 1.54) is 25.3 Å². The van der Waals surface area contributed by atoms with E-state index in [1.54, 1.807) is 0 Å². The van der Waals surface area contributed by atoms with Gasteiger partial charge in [-0.2, -0.15) is 14.5 Å². The van der Waals surface area contributed by atoms with Gasteiger partial charge in [0.05, 0.1) is 22.3 Å². The molecule has 2 aromatic carbocycles.